The fourth-order valence-electron chi connectivity index (χ4n) is 2.60. The highest BCUT2D eigenvalue weighted by atomic mass is 16.5. The Kier molecular flexibility index (Phi) is 4.22. The Hall–Kier alpha value is -0.120. The van der Waals surface area contributed by atoms with Crippen LogP contribution in [0.5, 0.6) is 0 Å². The molecule has 0 atom stereocenters. The smallest absolute Gasteiger partial charge is 0.101 e. The van der Waals surface area contributed by atoms with Gasteiger partial charge in [-0.2, -0.15) is 0 Å². The molecular weight excluding hydrogens is 176 g/mol. The number of rotatable bonds is 3. The number of ether oxygens (including phenoxy) is 1. The molecule has 0 aromatic rings. The van der Waals surface area contributed by atoms with Crippen molar-refractivity contribution in [1.82, 2.24) is 0 Å². The average Bonchev–Trinajstić information content (AvgIpc) is 2.29. The number of hydrogen-bond acceptors (Lipinski definition) is 1. The van der Waals surface area contributed by atoms with Gasteiger partial charge in [0.1, 0.15) is 13.1 Å². The zero-order valence-electron chi connectivity index (χ0n) is 9.13. The highest BCUT2D eigenvalue weighted by molar-refractivity contribution is 4.60. The number of nitrogens with two attached hydrogens (primary N) is 1. The summed E-state index contributed by atoms with van der Waals surface area (Å²) in [6.07, 6.45) is 4.34. The lowest BCUT2D eigenvalue weighted by Gasteiger charge is -2.26. The summed E-state index contributed by atoms with van der Waals surface area (Å²) < 4.78 is 5.37. The Balaban J connectivity index is 1.60. The number of piperidine rings is 1. The van der Waals surface area contributed by atoms with Gasteiger partial charge < -0.3 is 15.0 Å². The number of morpholine rings is 1. The molecule has 0 aromatic carbocycles. The first-order valence-corrected chi connectivity index (χ1v) is 6.18. The van der Waals surface area contributed by atoms with Crippen LogP contribution in [0, 0.1) is 5.92 Å². The van der Waals surface area contributed by atoms with E-state index in [1.807, 2.05) is 0 Å². The van der Waals surface area contributed by atoms with E-state index in [2.05, 4.69) is 5.32 Å². The highest BCUT2D eigenvalue weighted by Crippen LogP contribution is 2.11. The maximum Gasteiger partial charge on any atom is 0.101 e. The normalized spacial score (nSPS) is 26.6. The van der Waals surface area contributed by atoms with Gasteiger partial charge in [-0.3, -0.25) is 0 Å². The van der Waals surface area contributed by atoms with Crippen LogP contribution in [0.1, 0.15) is 19.3 Å². The van der Waals surface area contributed by atoms with Crippen LogP contribution in [0.25, 0.3) is 0 Å². The van der Waals surface area contributed by atoms with E-state index in [1.54, 1.807) is 4.90 Å². The summed E-state index contributed by atoms with van der Waals surface area (Å²) >= 11 is 0. The van der Waals surface area contributed by atoms with Crippen molar-refractivity contribution in [3.05, 3.63) is 0 Å². The van der Waals surface area contributed by atoms with Gasteiger partial charge in [-0.15, -0.1) is 0 Å². The monoisotopic (exact) mass is 200 g/mol. The van der Waals surface area contributed by atoms with Crippen LogP contribution in [0.4, 0.5) is 0 Å². The molecule has 2 rings (SSSR count). The molecule has 2 aliphatic rings. The molecule has 2 saturated heterocycles. The summed E-state index contributed by atoms with van der Waals surface area (Å²) in [4.78, 5) is 1.77. The first kappa shape index (κ1) is 10.4. The van der Waals surface area contributed by atoms with Gasteiger partial charge in [0.05, 0.1) is 32.8 Å². The van der Waals surface area contributed by atoms with Crippen LogP contribution in [0.15, 0.2) is 0 Å². The number of hydrogen-bond donors (Lipinski definition) is 2. The van der Waals surface area contributed by atoms with E-state index in [-0.39, 0.29) is 0 Å². The molecule has 3 heteroatoms. The Bertz CT molecular complexity index is 133. The van der Waals surface area contributed by atoms with Crippen molar-refractivity contribution in [1.29, 1.82) is 0 Å². The second kappa shape index (κ2) is 5.69. The maximum absolute atomic E-state index is 5.37. The zero-order valence-corrected chi connectivity index (χ0v) is 9.13. The zero-order chi connectivity index (χ0) is 9.64. The quantitative estimate of drug-likeness (QED) is 0.557. The van der Waals surface area contributed by atoms with Gasteiger partial charge in [0.25, 0.3) is 0 Å². The van der Waals surface area contributed by atoms with Gasteiger partial charge in [-0.1, -0.05) is 0 Å². The van der Waals surface area contributed by atoms with Crippen molar-refractivity contribution in [3.8, 4) is 0 Å². The molecular formula is C11H24N2O+2. The maximum atomic E-state index is 5.37. The summed E-state index contributed by atoms with van der Waals surface area (Å²) in [6.45, 7) is 8.54. The van der Waals surface area contributed by atoms with Gasteiger partial charge in [-0.05, 0) is 25.2 Å². The van der Waals surface area contributed by atoms with Crippen molar-refractivity contribution in [2.45, 2.75) is 19.3 Å². The molecule has 0 unspecified atom stereocenters. The summed E-state index contributed by atoms with van der Waals surface area (Å²) in [5.74, 6) is 1.02. The van der Waals surface area contributed by atoms with Crippen LogP contribution in [0.3, 0.4) is 0 Å². The van der Waals surface area contributed by atoms with Crippen molar-refractivity contribution in [3.63, 3.8) is 0 Å². The number of quaternary nitrogens is 2. The van der Waals surface area contributed by atoms with Gasteiger partial charge in [-0.25, -0.2) is 0 Å². The van der Waals surface area contributed by atoms with Gasteiger partial charge >= 0.3 is 0 Å². The fraction of sp³-hybridized carbons (Fsp3) is 1.00. The average molecular weight is 200 g/mol. The largest absolute Gasteiger partial charge is 0.370 e. The summed E-state index contributed by atoms with van der Waals surface area (Å²) in [5.41, 5.74) is 0. The SMILES string of the molecule is C1CC(CC[NH+]2CCOCC2)CC[NH2+]1. The molecule has 14 heavy (non-hydrogen) atoms. The Morgan fingerprint density at radius 3 is 2.57 bits per heavy atom. The Morgan fingerprint density at radius 2 is 1.86 bits per heavy atom. The molecule has 0 spiro atoms. The van der Waals surface area contributed by atoms with Gasteiger partial charge in [0.15, 0.2) is 0 Å². The van der Waals surface area contributed by atoms with Crippen LogP contribution in [0.2, 0.25) is 0 Å². The van der Waals surface area contributed by atoms with E-state index < -0.39 is 0 Å². The lowest BCUT2D eigenvalue weighted by Crippen LogP contribution is -3.14. The molecule has 3 nitrogen and oxygen atoms in total. The molecule has 82 valence electrons. The standard InChI is InChI=1S/C11H22N2O/c1-4-12-5-2-11(1)3-6-13-7-9-14-10-8-13/h11-12H,1-10H2/p+2. The first-order chi connectivity index (χ1) is 6.95. The van der Waals surface area contributed by atoms with Crippen LogP contribution < -0.4 is 10.2 Å². The van der Waals surface area contributed by atoms with E-state index in [4.69, 9.17) is 4.74 Å². The first-order valence-electron chi connectivity index (χ1n) is 6.18. The van der Waals surface area contributed by atoms with Crippen LogP contribution >= 0.6 is 0 Å². The third-order valence-electron chi connectivity index (χ3n) is 3.66. The molecule has 2 fully saturated rings. The van der Waals surface area contributed by atoms with Crippen molar-refractivity contribution in [2.24, 2.45) is 5.92 Å². The molecule has 0 amide bonds. The van der Waals surface area contributed by atoms with Gasteiger partial charge in [0, 0.05) is 0 Å². The van der Waals surface area contributed by atoms with Crippen LogP contribution in [-0.2, 0) is 4.74 Å². The van der Waals surface area contributed by atoms with E-state index >= 15 is 0 Å². The van der Waals surface area contributed by atoms with E-state index in [0.717, 1.165) is 19.1 Å². The molecule has 0 aromatic heterocycles. The minimum atomic E-state index is 0.980. The lowest BCUT2D eigenvalue weighted by molar-refractivity contribution is -0.908. The van der Waals surface area contributed by atoms with E-state index in [9.17, 15) is 0 Å². The number of nitrogens with one attached hydrogen (secondary N) is 1. The molecule has 0 bridgehead atoms. The Morgan fingerprint density at radius 1 is 1.14 bits per heavy atom. The minimum Gasteiger partial charge on any atom is -0.370 e. The van der Waals surface area contributed by atoms with Crippen molar-refractivity contribution >= 4 is 0 Å². The van der Waals surface area contributed by atoms with Crippen LogP contribution in [-0.4, -0.2) is 45.9 Å². The predicted octanol–water partition coefficient (Wildman–Crippen LogP) is -1.73. The minimum absolute atomic E-state index is 0.980. The molecule has 3 N–H and O–H groups in total. The van der Waals surface area contributed by atoms with Gasteiger partial charge in [0.2, 0.25) is 0 Å². The lowest BCUT2D eigenvalue weighted by atomic mass is 9.94. The topological polar surface area (TPSA) is 30.3 Å². The van der Waals surface area contributed by atoms with Crippen molar-refractivity contribution in [2.75, 3.05) is 45.9 Å². The third-order valence-corrected chi connectivity index (χ3v) is 3.66. The highest BCUT2D eigenvalue weighted by Gasteiger charge is 2.19. The molecule has 0 saturated carbocycles. The Labute approximate surface area is 86.8 Å². The summed E-state index contributed by atoms with van der Waals surface area (Å²) in [5, 5.41) is 2.46. The van der Waals surface area contributed by atoms with E-state index in [0.29, 0.717) is 0 Å². The predicted molar refractivity (Wildman–Crippen MR) is 55.4 cm³/mol. The third kappa shape index (κ3) is 3.23. The molecule has 2 heterocycles. The molecule has 0 radical (unpaired) electrons. The summed E-state index contributed by atoms with van der Waals surface area (Å²) in [6, 6.07) is 0. The fourth-order valence-corrected chi connectivity index (χ4v) is 2.60. The van der Waals surface area contributed by atoms with Crippen molar-refractivity contribution < 1.29 is 15.0 Å². The van der Waals surface area contributed by atoms with E-state index in [1.165, 1.54) is 52.0 Å². The molecule has 2 aliphatic heterocycles. The second-order valence-electron chi connectivity index (χ2n) is 4.71. The summed E-state index contributed by atoms with van der Waals surface area (Å²) in [7, 11) is 0. The molecule has 0 aliphatic carbocycles. The second-order valence-corrected chi connectivity index (χ2v) is 4.71.